The van der Waals surface area contributed by atoms with Crippen LogP contribution in [0.4, 0.5) is 15.2 Å². The first-order valence-corrected chi connectivity index (χ1v) is 8.26. The molecule has 9 heteroatoms. The smallest absolute Gasteiger partial charge is 0.244 e. The topological polar surface area (TPSA) is 78.4 Å². The average molecular weight is 349 g/mol. The lowest BCUT2D eigenvalue weighted by atomic mass is 10.2. The van der Waals surface area contributed by atoms with Gasteiger partial charge in [-0.05, 0) is 25.6 Å². The molecule has 7 nitrogen and oxygen atoms in total. The molecule has 1 aromatic heterocycles. The van der Waals surface area contributed by atoms with Gasteiger partial charge in [0.15, 0.2) is 0 Å². The van der Waals surface area contributed by atoms with E-state index >= 15 is 0 Å². The highest BCUT2D eigenvalue weighted by atomic mass is 32.1. The number of hydrogen-bond acceptors (Lipinski definition) is 6. The summed E-state index contributed by atoms with van der Waals surface area (Å²) >= 11 is 1.22. The molecule has 1 N–H and O–H groups in total. The number of carbonyl (C=O) groups excluding carboxylic acids is 2. The number of nitrogens with one attached hydrogen (secondary N) is 1. The first-order valence-electron chi connectivity index (χ1n) is 7.38. The van der Waals surface area contributed by atoms with Crippen LogP contribution in [0.5, 0.6) is 0 Å². The SMILES string of the molecule is CN(CC(=O)Nc1nncs1)[C@@H]1CCN(c2ccccc2F)C1=O. The second-order valence-corrected chi connectivity index (χ2v) is 6.29. The summed E-state index contributed by atoms with van der Waals surface area (Å²) < 4.78 is 13.9. The fourth-order valence-corrected chi connectivity index (χ4v) is 3.17. The minimum Gasteiger partial charge on any atom is -0.308 e. The first-order chi connectivity index (χ1) is 11.6. The molecule has 2 amide bonds. The highest BCUT2D eigenvalue weighted by molar-refractivity contribution is 7.13. The van der Waals surface area contributed by atoms with Crippen molar-refractivity contribution in [3.8, 4) is 0 Å². The van der Waals surface area contributed by atoms with Crippen molar-refractivity contribution in [1.29, 1.82) is 0 Å². The largest absolute Gasteiger partial charge is 0.308 e. The van der Waals surface area contributed by atoms with Gasteiger partial charge in [-0.1, -0.05) is 23.5 Å². The summed E-state index contributed by atoms with van der Waals surface area (Å²) in [5.41, 5.74) is 1.79. The molecule has 0 bridgehead atoms. The summed E-state index contributed by atoms with van der Waals surface area (Å²) in [5, 5.41) is 10.4. The van der Waals surface area contributed by atoms with Gasteiger partial charge in [0.05, 0.1) is 18.3 Å². The summed E-state index contributed by atoms with van der Waals surface area (Å²) in [4.78, 5) is 27.7. The van der Waals surface area contributed by atoms with Gasteiger partial charge in [-0.25, -0.2) is 4.39 Å². The Morgan fingerprint density at radius 1 is 1.50 bits per heavy atom. The third-order valence-corrected chi connectivity index (χ3v) is 4.46. The Morgan fingerprint density at radius 3 is 3.00 bits per heavy atom. The maximum atomic E-state index is 13.9. The van der Waals surface area contributed by atoms with Crippen LogP contribution in [0.25, 0.3) is 0 Å². The molecule has 3 rings (SSSR count). The van der Waals surface area contributed by atoms with E-state index in [1.54, 1.807) is 30.1 Å². The van der Waals surface area contributed by atoms with Gasteiger partial charge >= 0.3 is 0 Å². The van der Waals surface area contributed by atoms with Crippen molar-refractivity contribution < 1.29 is 14.0 Å². The van der Waals surface area contributed by atoms with E-state index < -0.39 is 11.9 Å². The molecule has 1 saturated heterocycles. The Hall–Kier alpha value is -2.39. The van der Waals surface area contributed by atoms with Crippen LogP contribution in [-0.2, 0) is 9.59 Å². The van der Waals surface area contributed by atoms with Gasteiger partial charge in [-0.15, -0.1) is 10.2 Å². The monoisotopic (exact) mass is 349 g/mol. The van der Waals surface area contributed by atoms with Crippen LogP contribution in [0.15, 0.2) is 29.8 Å². The van der Waals surface area contributed by atoms with Crippen LogP contribution >= 0.6 is 11.3 Å². The van der Waals surface area contributed by atoms with Crippen LogP contribution in [-0.4, -0.2) is 53.1 Å². The van der Waals surface area contributed by atoms with Gasteiger partial charge in [-0.3, -0.25) is 19.8 Å². The van der Waals surface area contributed by atoms with Crippen molar-refractivity contribution >= 4 is 34.0 Å². The number of benzene rings is 1. The van der Waals surface area contributed by atoms with Crippen LogP contribution in [0, 0.1) is 5.82 Å². The van der Waals surface area contributed by atoms with Gasteiger partial charge < -0.3 is 4.90 Å². The molecule has 126 valence electrons. The van der Waals surface area contributed by atoms with E-state index in [0.717, 1.165) is 0 Å². The van der Waals surface area contributed by atoms with E-state index in [2.05, 4.69) is 15.5 Å². The number of halogens is 1. The molecule has 1 fully saturated rings. The number of hydrogen-bond donors (Lipinski definition) is 1. The normalized spacial score (nSPS) is 17.5. The zero-order valence-corrected chi connectivity index (χ0v) is 13.8. The summed E-state index contributed by atoms with van der Waals surface area (Å²) in [6.07, 6.45) is 0.537. The Labute approximate surface area is 142 Å². The van der Waals surface area contributed by atoms with Crippen molar-refractivity contribution in [2.24, 2.45) is 0 Å². The van der Waals surface area contributed by atoms with E-state index in [4.69, 9.17) is 0 Å². The van der Waals surface area contributed by atoms with Crippen molar-refractivity contribution in [3.63, 3.8) is 0 Å². The minimum atomic E-state index is -0.454. The van der Waals surface area contributed by atoms with E-state index in [1.807, 2.05) is 0 Å². The fourth-order valence-electron chi connectivity index (χ4n) is 2.71. The fraction of sp³-hybridized carbons (Fsp3) is 0.333. The van der Waals surface area contributed by atoms with Crippen molar-refractivity contribution in [1.82, 2.24) is 15.1 Å². The standard InChI is InChI=1S/C15H16FN5O2S/c1-20(8-13(22)18-15-19-17-9-24-15)12-6-7-21(14(12)23)11-5-3-2-4-10(11)16/h2-5,9,12H,6-8H2,1H3,(H,18,19,22)/t12-/m1/s1. The molecular weight excluding hydrogens is 333 g/mol. The number of amides is 2. The molecule has 1 aromatic carbocycles. The predicted octanol–water partition coefficient (Wildman–Crippen LogP) is 1.35. The first kappa shape index (κ1) is 16.5. The number of anilines is 2. The van der Waals surface area contributed by atoms with Gasteiger partial charge in [0, 0.05) is 6.54 Å². The third-order valence-electron chi connectivity index (χ3n) is 3.85. The lowest BCUT2D eigenvalue weighted by molar-refractivity contribution is -0.123. The average Bonchev–Trinajstić information content (AvgIpc) is 3.17. The highest BCUT2D eigenvalue weighted by Crippen LogP contribution is 2.26. The Kier molecular flexibility index (Phi) is 4.81. The number of aromatic nitrogens is 2. The lowest BCUT2D eigenvalue weighted by Gasteiger charge is -2.23. The Balaban J connectivity index is 1.62. The second kappa shape index (κ2) is 7.02. The summed E-state index contributed by atoms with van der Waals surface area (Å²) in [7, 11) is 1.70. The molecule has 1 aliphatic heterocycles. The summed E-state index contributed by atoms with van der Waals surface area (Å²) in [6, 6.07) is 5.73. The van der Waals surface area contributed by atoms with Crippen molar-refractivity contribution in [3.05, 3.63) is 35.6 Å². The van der Waals surface area contributed by atoms with Crippen LogP contribution in [0.2, 0.25) is 0 Å². The van der Waals surface area contributed by atoms with Gasteiger partial charge in [0.2, 0.25) is 16.9 Å². The Bertz CT molecular complexity index is 739. The van der Waals surface area contributed by atoms with E-state index in [-0.39, 0.29) is 24.0 Å². The van der Waals surface area contributed by atoms with Crippen LogP contribution in [0.1, 0.15) is 6.42 Å². The highest BCUT2D eigenvalue weighted by Gasteiger charge is 2.36. The molecule has 0 aliphatic carbocycles. The maximum Gasteiger partial charge on any atom is 0.244 e. The van der Waals surface area contributed by atoms with E-state index in [9.17, 15) is 14.0 Å². The zero-order chi connectivity index (χ0) is 17.1. The number of carbonyl (C=O) groups is 2. The summed E-state index contributed by atoms with van der Waals surface area (Å²) in [5.74, 6) is -0.902. The van der Waals surface area contributed by atoms with Gasteiger partial charge in [0.1, 0.15) is 11.3 Å². The molecule has 0 saturated carbocycles. The van der Waals surface area contributed by atoms with E-state index in [1.165, 1.54) is 27.8 Å². The second-order valence-electron chi connectivity index (χ2n) is 5.45. The van der Waals surface area contributed by atoms with Crippen molar-refractivity contribution in [2.75, 3.05) is 30.4 Å². The maximum absolute atomic E-state index is 13.9. The summed E-state index contributed by atoms with van der Waals surface area (Å²) in [6.45, 7) is 0.466. The van der Waals surface area contributed by atoms with Crippen LogP contribution in [0.3, 0.4) is 0 Å². The molecule has 2 heterocycles. The van der Waals surface area contributed by atoms with Crippen molar-refractivity contribution in [2.45, 2.75) is 12.5 Å². The number of likely N-dealkylation sites (N-methyl/N-ethyl adjacent to an activating group) is 1. The molecule has 0 unspecified atom stereocenters. The number of nitrogens with zero attached hydrogens (tertiary/aromatic N) is 4. The third kappa shape index (κ3) is 3.41. The molecule has 1 atom stereocenters. The molecule has 2 aromatic rings. The quantitative estimate of drug-likeness (QED) is 0.882. The van der Waals surface area contributed by atoms with E-state index in [0.29, 0.717) is 18.1 Å². The molecule has 1 aliphatic rings. The minimum absolute atomic E-state index is 0.0428. The molecule has 0 radical (unpaired) electrons. The number of para-hydroxylation sites is 1. The molecule has 0 spiro atoms. The lowest BCUT2D eigenvalue weighted by Crippen LogP contribution is -2.43. The van der Waals surface area contributed by atoms with Gasteiger partial charge in [-0.2, -0.15) is 0 Å². The predicted molar refractivity (Wildman–Crippen MR) is 88.3 cm³/mol. The van der Waals surface area contributed by atoms with Crippen LogP contribution < -0.4 is 10.2 Å². The number of rotatable bonds is 5. The Morgan fingerprint density at radius 2 is 2.29 bits per heavy atom. The van der Waals surface area contributed by atoms with Gasteiger partial charge in [0.25, 0.3) is 0 Å². The zero-order valence-electron chi connectivity index (χ0n) is 13.0. The molecule has 24 heavy (non-hydrogen) atoms. The molecular formula is C15H16FN5O2S.